The van der Waals surface area contributed by atoms with Crippen LogP contribution in [0.25, 0.3) is 0 Å². The van der Waals surface area contributed by atoms with Crippen molar-refractivity contribution in [2.45, 2.75) is 60.3 Å². The van der Waals surface area contributed by atoms with Crippen molar-refractivity contribution in [3.05, 3.63) is 0 Å². The standard InChI is InChI=1S/C10H20.C2H7N.C2H6/c1-8-4-5-9(2)7-10(3)6-8;1-3-2;1-2/h8-10H,4-7H2,1-3H3;3H,1-2H3;1-2H3. The Balaban J connectivity index is 0. The molecule has 0 amide bonds. The first-order chi connectivity index (χ1) is 7.10. The lowest BCUT2D eigenvalue weighted by atomic mass is 9.95. The van der Waals surface area contributed by atoms with E-state index in [1.807, 2.05) is 27.9 Å². The minimum Gasteiger partial charge on any atom is -0.323 e. The first kappa shape index (κ1) is 17.4. The minimum absolute atomic E-state index is 0.979. The van der Waals surface area contributed by atoms with Gasteiger partial charge in [0.05, 0.1) is 0 Å². The van der Waals surface area contributed by atoms with E-state index < -0.39 is 0 Å². The Morgan fingerprint density at radius 1 is 0.733 bits per heavy atom. The summed E-state index contributed by atoms with van der Waals surface area (Å²) < 4.78 is 0. The van der Waals surface area contributed by atoms with Crippen molar-refractivity contribution in [1.29, 1.82) is 0 Å². The molecule has 1 aliphatic carbocycles. The largest absolute Gasteiger partial charge is 0.323 e. The highest BCUT2D eigenvalue weighted by molar-refractivity contribution is 4.69. The van der Waals surface area contributed by atoms with Crippen LogP contribution in [0.2, 0.25) is 0 Å². The van der Waals surface area contributed by atoms with E-state index in [0.29, 0.717) is 0 Å². The van der Waals surface area contributed by atoms with Gasteiger partial charge in [0.25, 0.3) is 0 Å². The molecule has 1 nitrogen and oxygen atoms in total. The van der Waals surface area contributed by atoms with Crippen molar-refractivity contribution in [2.75, 3.05) is 14.1 Å². The minimum atomic E-state index is 0.979. The average molecular weight is 215 g/mol. The second-order valence-electron chi connectivity index (χ2n) is 4.86. The molecule has 2 unspecified atom stereocenters. The Hall–Kier alpha value is -0.0400. The van der Waals surface area contributed by atoms with E-state index in [1.54, 1.807) is 0 Å². The van der Waals surface area contributed by atoms with Crippen LogP contribution in [0.4, 0.5) is 0 Å². The van der Waals surface area contributed by atoms with E-state index >= 15 is 0 Å². The van der Waals surface area contributed by atoms with Crippen molar-refractivity contribution in [1.82, 2.24) is 5.32 Å². The van der Waals surface area contributed by atoms with Crippen LogP contribution < -0.4 is 5.32 Å². The van der Waals surface area contributed by atoms with Crippen LogP contribution in [0.1, 0.15) is 60.3 Å². The maximum atomic E-state index is 2.75. The van der Waals surface area contributed by atoms with Crippen LogP contribution in [-0.2, 0) is 0 Å². The van der Waals surface area contributed by atoms with Crippen LogP contribution in [-0.4, -0.2) is 14.1 Å². The van der Waals surface area contributed by atoms with Gasteiger partial charge in [-0.1, -0.05) is 47.5 Å². The third kappa shape index (κ3) is 11.9. The molecule has 1 saturated carbocycles. The van der Waals surface area contributed by atoms with Crippen molar-refractivity contribution in [2.24, 2.45) is 17.8 Å². The fourth-order valence-electron chi connectivity index (χ4n) is 2.27. The molecule has 1 N–H and O–H groups in total. The van der Waals surface area contributed by atoms with Crippen LogP contribution in [0.5, 0.6) is 0 Å². The van der Waals surface area contributed by atoms with Gasteiger partial charge in [0.15, 0.2) is 0 Å². The molecule has 1 rings (SSSR count). The highest BCUT2D eigenvalue weighted by Crippen LogP contribution is 2.30. The van der Waals surface area contributed by atoms with Crippen LogP contribution in [0.3, 0.4) is 0 Å². The summed E-state index contributed by atoms with van der Waals surface area (Å²) in [5, 5.41) is 2.75. The molecule has 0 bridgehead atoms. The van der Waals surface area contributed by atoms with Gasteiger partial charge in [0.1, 0.15) is 0 Å². The van der Waals surface area contributed by atoms with Gasteiger partial charge in [-0.25, -0.2) is 0 Å². The van der Waals surface area contributed by atoms with Crippen LogP contribution in [0.15, 0.2) is 0 Å². The second kappa shape index (κ2) is 12.0. The molecule has 0 saturated heterocycles. The van der Waals surface area contributed by atoms with Gasteiger partial charge in [-0.15, -0.1) is 0 Å². The lowest BCUT2D eigenvalue weighted by Crippen LogP contribution is -1.99. The van der Waals surface area contributed by atoms with E-state index in [2.05, 4.69) is 26.1 Å². The Labute approximate surface area is 98.0 Å². The number of hydrogen-bond acceptors (Lipinski definition) is 1. The van der Waals surface area contributed by atoms with E-state index in [0.717, 1.165) is 17.8 Å². The SMILES string of the molecule is CC.CC1CCC(C)CC(C)C1.CNC. The van der Waals surface area contributed by atoms with E-state index in [1.165, 1.54) is 25.7 Å². The number of hydrogen-bond donors (Lipinski definition) is 1. The molecule has 0 heterocycles. The zero-order valence-electron chi connectivity index (χ0n) is 12.1. The first-order valence-corrected chi connectivity index (χ1v) is 6.68. The first-order valence-electron chi connectivity index (χ1n) is 6.68. The highest BCUT2D eigenvalue weighted by Gasteiger charge is 2.17. The molecule has 0 aromatic rings. The molecule has 1 aliphatic rings. The van der Waals surface area contributed by atoms with Crippen molar-refractivity contribution >= 4 is 0 Å². The molecule has 1 fully saturated rings. The van der Waals surface area contributed by atoms with Crippen LogP contribution >= 0.6 is 0 Å². The van der Waals surface area contributed by atoms with Crippen molar-refractivity contribution in [3.8, 4) is 0 Å². The molecular weight excluding hydrogens is 182 g/mol. The van der Waals surface area contributed by atoms with E-state index in [4.69, 9.17) is 0 Å². The van der Waals surface area contributed by atoms with Gasteiger partial charge in [-0.05, 0) is 44.7 Å². The van der Waals surface area contributed by atoms with Gasteiger partial charge in [0.2, 0.25) is 0 Å². The summed E-state index contributed by atoms with van der Waals surface area (Å²) in [6, 6.07) is 0. The Bertz CT molecular complexity index is 99.9. The lowest BCUT2D eigenvalue weighted by Gasteiger charge is -2.11. The monoisotopic (exact) mass is 215 g/mol. The molecule has 0 radical (unpaired) electrons. The van der Waals surface area contributed by atoms with Gasteiger partial charge in [-0.3, -0.25) is 0 Å². The quantitative estimate of drug-likeness (QED) is 0.593. The molecule has 1 heteroatoms. The van der Waals surface area contributed by atoms with Crippen LogP contribution in [0, 0.1) is 17.8 Å². The summed E-state index contributed by atoms with van der Waals surface area (Å²) in [6.07, 6.45) is 5.85. The molecule has 2 atom stereocenters. The van der Waals surface area contributed by atoms with Gasteiger partial charge in [-0.2, -0.15) is 0 Å². The smallest absolute Gasteiger partial charge is 0.0167 e. The van der Waals surface area contributed by atoms with Crippen molar-refractivity contribution < 1.29 is 0 Å². The van der Waals surface area contributed by atoms with E-state index in [9.17, 15) is 0 Å². The zero-order valence-corrected chi connectivity index (χ0v) is 12.1. The van der Waals surface area contributed by atoms with E-state index in [-0.39, 0.29) is 0 Å². The summed E-state index contributed by atoms with van der Waals surface area (Å²) in [7, 11) is 3.75. The summed E-state index contributed by atoms with van der Waals surface area (Å²) in [5.74, 6) is 2.95. The highest BCUT2D eigenvalue weighted by atomic mass is 14.7. The third-order valence-corrected chi connectivity index (χ3v) is 2.76. The Morgan fingerprint density at radius 2 is 1.00 bits per heavy atom. The normalized spacial score (nSPS) is 30.2. The average Bonchev–Trinajstić information content (AvgIpc) is 2.32. The summed E-state index contributed by atoms with van der Waals surface area (Å²) in [6.45, 7) is 11.2. The van der Waals surface area contributed by atoms with Gasteiger partial charge >= 0.3 is 0 Å². The predicted octanol–water partition coefficient (Wildman–Crippen LogP) is 4.33. The lowest BCUT2D eigenvalue weighted by molar-refractivity contribution is 0.404. The molecule has 0 aromatic carbocycles. The summed E-state index contributed by atoms with van der Waals surface area (Å²) in [5.41, 5.74) is 0. The molecule has 0 spiro atoms. The topological polar surface area (TPSA) is 12.0 Å². The number of nitrogens with one attached hydrogen (secondary N) is 1. The number of rotatable bonds is 0. The molecule has 0 aromatic heterocycles. The van der Waals surface area contributed by atoms with Gasteiger partial charge in [0, 0.05) is 0 Å². The Morgan fingerprint density at radius 3 is 1.27 bits per heavy atom. The van der Waals surface area contributed by atoms with Crippen molar-refractivity contribution in [3.63, 3.8) is 0 Å². The summed E-state index contributed by atoms with van der Waals surface area (Å²) >= 11 is 0. The van der Waals surface area contributed by atoms with Gasteiger partial charge < -0.3 is 5.32 Å². The maximum Gasteiger partial charge on any atom is -0.0167 e. The fraction of sp³-hybridized carbons (Fsp3) is 1.00. The molecule has 15 heavy (non-hydrogen) atoms. The third-order valence-electron chi connectivity index (χ3n) is 2.76. The fourth-order valence-corrected chi connectivity index (χ4v) is 2.27. The zero-order chi connectivity index (χ0) is 12.3. The second-order valence-corrected chi connectivity index (χ2v) is 4.86. The molecule has 0 aliphatic heterocycles. The summed E-state index contributed by atoms with van der Waals surface area (Å²) in [4.78, 5) is 0. The Kier molecular flexibility index (Phi) is 13.9. The maximum absolute atomic E-state index is 2.75. The predicted molar refractivity (Wildman–Crippen MR) is 72.3 cm³/mol. The molecule has 94 valence electrons. The molecular formula is C14H33N.